The Balaban J connectivity index is -0.000000150. The Bertz CT molecular complexity index is 167. The van der Waals surface area contributed by atoms with Gasteiger partial charge in [0.25, 0.3) is 0 Å². The molecule has 0 spiro atoms. The van der Waals surface area contributed by atoms with Crippen molar-refractivity contribution >= 4 is 18.4 Å². The molecular weight excluding hydrogens is 194 g/mol. The van der Waals surface area contributed by atoms with Gasteiger partial charge in [0.1, 0.15) is 0 Å². The highest BCUT2D eigenvalue weighted by atomic mass is 35.5. The maximum atomic E-state index is 9.24. The second-order valence-corrected chi connectivity index (χ2v) is 1.83. The van der Waals surface area contributed by atoms with E-state index in [0.29, 0.717) is 5.82 Å². The monoisotopic (exact) mass is 209 g/mol. The Morgan fingerprint density at radius 2 is 1.85 bits per heavy atom. The average Bonchev–Trinajstić information content (AvgIpc) is 2.02. The highest BCUT2D eigenvalue weighted by Gasteiger charge is 1.81. The van der Waals surface area contributed by atoms with E-state index < -0.39 is 5.97 Å². The van der Waals surface area contributed by atoms with Crippen molar-refractivity contribution in [2.75, 3.05) is 6.54 Å². The van der Waals surface area contributed by atoms with E-state index in [9.17, 15) is 4.79 Å². The number of nitrogens with two attached hydrogens (primary N) is 3. The molecule has 0 aliphatic carbocycles. The van der Waals surface area contributed by atoms with Gasteiger partial charge in [-0.25, -0.2) is 0 Å². The van der Waals surface area contributed by atoms with Crippen molar-refractivity contribution in [3.63, 3.8) is 0 Å². The van der Waals surface area contributed by atoms with Crippen LogP contribution in [0.3, 0.4) is 0 Å². The smallest absolute Gasteiger partial charge is 0.317 e. The van der Waals surface area contributed by atoms with Crippen molar-refractivity contribution in [2.45, 2.75) is 6.42 Å². The van der Waals surface area contributed by atoms with E-state index in [2.05, 4.69) is 12.3 Å². The Morgan fingerprint density at radius 3 is 1.92 bits per heavy atom. The standard InChI is InChI=1S/C5H10N2.C2H5NO2.ClH/c1-2-3-4-5(6)7;3-1-2(4)5;/h2,4H,1,3,6-7H2;1,3H2,(H,4,5);1H. The van der Waals surface area contributed by atoms with Gasteiger partial charge in [0.05, 0.1) is 12.4 Å². The zero-order valence-electron chi connectivity index (χ0n) is 7.27. The summed E-state index contributed by atoms with van der Waals surface area (Å²) in [5.41, 5.74) is 14.7. The molecule has 0 aromatic rings. The van der Waals surface area contributed by atoms with Gasteiger partial charge in [0.15, 0.2) is 0 Å². The summed E-state index contributed by atoms with van der Waals surface area (Å²) in [6.45, 7) is 3.20. The van der Waals surface area contributed by atoms with Crippen molar-refractivity contribution < 1.29 is 9.90 Å². The predicted molar refractivity (Wildman–Crippen MR) is 55.2 cm³/mol. The third-order valence-corrected chi connectivity index (χ3v) is 0.695. The van der Waals surface area contributed by atoms with Crippen LogP contribution >= 0.6 is 12.4 Å². The van der Waals surface area contributed by atoms with E-state index in [4.69, 9.17) is 16.6 Å². The van der Waals surface area contributed by atoms with E-state index in [1.165, 1.54) is 0 Å². The molecule has 0 aromatic heterocycles. The summed E-state index contributed by atoms with van der Waals surface area (Å²) in [6.07, 6.45) is 4.19. The molecule has 0 aliphatic heterocycles. The number of carboxylic acids is 1. The molecule has 0 amide bonds. The summed E-state index contributed by atoms with van der Waals surface area (Å²) in [4.78, 5) is 9.24. The van der Waals surface area contributed by atoms with Gasteiger partial charge in [-0.05, 0) is 12.5 Å². The minimum Gasteiger partial charge on any atom is -0.480 e. The number of hydrogen-bond acceptors (Lipinski definition) is 4. The Labute approximate surface area is 83.7 Å². The topological polar surface area (TPSA) is 115 Å². The number of halogens is 1. The molecule has 0 bridgehead atoms. The molecule has 0 fully saturated rings. The van der Waals surface area contributed by atoms with Gasteiger partial charge in [0, 0.05) is 0 Å². The fourth-order valence-corrected chi connectivity index (χ4v) is 0.219. The van der Waals surface area contributed by atoms with Crippen molar-refractivity contribution in [3.8, 4) is 0 Å². The quantitative estimate of drug-likeness (QED) is 0.480. The fraction of sp³-hybridized carbons (Fsp3) is 0.286. The molecule has 0 saturated heterocycles. The van der Waals surface area contributed by atoms with Crippen molar-refractivity contribution in [2.24, 2.45) is 17.2 Å². The highest BCUT2D eigenvalue weighted by Crippen LogP contribution is 1.80. The number of carboxylic acid groups (broad SMARTS) is 1. The van der Waals surface area contributed by atoms with Crippen LogP contribution < -0.4 is 17.2 Å². The molecule has 0 aliphatic rings. The van der Waals surface area contributed by atoms with E-state index in [-0.39, 0.29) is 19.0 Å². The van der Waals surface area contributed by atoms with Crippen LogP contribution in [-0.2, 0) is 4.79 Å². The number of allylic oxidation sites excluding steroid dienone is 2. The Morgan fingerprint density at radius 1 is 1.46 bits per heavy atom. The Kier molecular flexibility index (Phi) is 18.3. The van der Waals surface area contributed by atoms with E-state index >= 15 is 0 Å². The summed E-state index contributed by atoms with van der Waals surface area (Å²) >= 11 is 0. The zero-order valence-corrected chi connectivity index (χ0v) is 8.09. The third-order valence-electron chi connectivity index (χ3n) is 0.695. The molecule has 0 rings (SSSR count). The second kappa shape index (κ2) is 13.4. The lowest BCUT2D eigenvalue weighted by Gasteiger charge is -1.83. The average molecular weight is 210 g/mol. The first-order valence-electron chi connectivity index (χ1n) is 3.28. The molecule has 0 radical (unpaired) electrons. The lowest BCUT2D eigenvalue weighted by atomic mass is 10.4. The van der Waals surface area contributed by atoms with Crippen LogP contribution in [0.15, 0.2) is 24.6 Å². The molecule has 13 heavy (non-hydrogen) atoms. The largest absolute Gasteiger partial charge is 0.480 e. The number of rotatable bonds is 3. The van der Waals surface area contributed by atoms with Gasteiger partial charge >= 0.3 is 5.97 Å². The van der Waals surface area contributed by atoms with E-state index in [1.54, 1.807) is 12.2 Å². The van der Waals surface area contributed by atoms with Crippen LogP contribution in [0.25, 0.3) is 0 Å². The first-order valence-corrected chi connectivity index (χ1v) is 3.28. The third kappa shape index (κ3) is 36.3. The second-order valence-electron chi connectivity index (χ2n) is 1.83. The summed E-state index contributed by atoms with van der Waals surface area (Å²) in [6, 6.07) is 0. The summed E-state index contributed by atoms with van der Waals surface area (Å²) in [7, 11) is 0. The van der Waals surface area contributed by atoms with Gasteiger partial charge in [-0.1, -0.05) is 6.08 Å². The predicted octanol–water partition coefficient (Wildman–Crippen LogP) is -0.227. The molecule has 7 N–H and O–H groups in total. The van der Waals surface area contributed by atoms with Gasteiger partial charge in [-0.3, -0.25) is 4.79 Å². The molecule has 0 atom stereocenters. The molecule has 78 valence electrons. The van der Waals surface area contributed by atoms with Crippen LogP contribution in [0.2, 0.25) is 0 Å². The van der Waals surface area contributed by atoms with Crippen molar-refractivity contribution in [1.82, 2.24) is 0 Å². The number of aliphatic carboxylic acids is 1. The van der Waals surface area contributed by atoms with Crippen LogP contribution in [0.1, 0.15) is 6.42 Å². The van der Waals surface area contributed by atoms with Crippen LogP contribution in [0.4, 0.5) is 0 Å². The molecule has 6 heteroatoms. The normalized spacial score (nSPS) is 6.85. The number of carbonyl (C=O) groups is 1. The molecule has 0 heterocycles. The first-order chi connectivity index (χ1) is 5.54. The summed E-state index contributed by atoms with van der Waals surface area (Å²) in [5, 5.41) is 7.60. The highest BCUT2D eigenvalue weighted by molar-refractivity contribution is 5.85. The van der Waals surface area contributed by atoms with Gasteiger partial charge in [-0.2, -0.15) is 0 Å². The summed E-state index contributed by atoms with van der Waals surface area (Å²) < 4.78 is 0. The van der Waals surface area contributed by atoms with Crippen molar-refractivity contribution in [1.29, 1.82) is 0 Å². The lowest BCUT2D eigenvalue weighted by Crippen LogP contribution is -2.10. The maximum Gasteiger partial charge on any atom is 0.317 e. The molecule has 0 aromatic carbocycles. The zero-order chi connectivity index (χ0) is 9.98. The van der Waals surface area contributed by atoms with Gasteiger partial charge in [0.2, 0.25) is 0 Å². The van der Waals surface area contributed by atoms with Crippen LogP contribution in [0.5, 0.6) is 0 Å². The van der Waals surface area contributed by atoms with E-state index in [1.807, 2.05) is 0 Å². The summed E-state index contributed by atoms with van der Waals surface area (Å²) in [5.74, 6) is -0.607. The van der Waals surface area contributed by atoms with E-state index in [0.717, 1.165) is 6.42 Å². The van der Waals surface area contributed by atoms with Crippen LogP contribution in [-0.4, -0.2) is 17.6 Å². The molecule has 0 saturated carbocycles. The van der Waals surface area contributed by atoms with Gasteiger partial charge in [-0.15, -0.1) is 19.0 Å². The van der Waals surface area contributed by atoms with Crippen molar-refractivity contribution in [3.05, 3.63) is 24.6 Å². The molecule has 5 nitrogen and oxygen atoms in total. The van der Waals surface area contributed by atoms with Gasteiger partial charge < -0.3 is 22.3 Å². The molecule has 0 unspecified atom stereocenters. The molecular formula is C7H16ClN3O2. The first kappa shape index (κ1) is 17.8. The minimum atomic E-state index is -0.968. The maximum absolute atomic E-state index is 9.24. The number of hydrogen-bond donors (Lipinski definition) is 4. The fourth-order valence-electron chi connectivity index (χ4n) is 0.219. The minimum absolute atomic E-state index is 0. The van der Waals surface area contributed by atoms with Crippen LogP contribution in [0, 0.1) is 0 Å². The Hall–Kier alpha value is -1.20. The SMILES string of the molecule is C=CCC=C(N)N.Cl.NCC(=O)O. The lowest BCUT2D eigenvalue weighted by molar-refractivity contribution is -0.135.